The monoisotopic (exact) mass is 506 g/mol. The summed E-state index contributed by atoms with van der Waals surface area (Å²) in [5, 5.41) is 0. The van der Waals surface area contributed by atoms with Crippen LogP contribution < -0.4 is 0 Å². The summed E-state index contributed by atoms with van der Waals surface area (Å²) in [6, 6.07) is 0. The molecule has 4 heteroatoms. The van der Waals surface area contributed by atoms with Crippen LogP contribution in [0.15, 0.2) is 24.3 Å². The average Bonchev–Trinajstić information content (AvgIpc) is 2.88. The van der Waals surface area contributed by atoms with Gasteiger partial charge in [0, 0.05) is 0 Å². The minimum Gasteiger partial charge on any atom is -0.461 e. The minimum absolute atomic E-state index is 0.0765. The Bertz CT molecular complexity index is 490. The number of carbonyl (C=O) groups excluding carboxylic acids is 2. The van der Waals surface area contributed by atoms with Crippen molar-refractivity contribution in [2.24, 2.45) is 0 Å². The molecule has 0 aliphatic heterocycles. The number of hydrogen-bond acceptors (Lipinski definition) is 4. The maximum Gasteiger partial charge on any atom is 0.306 e. The lowest BCUT2D eigenvalue weighted by Crippen LogP contribution is -2.10. The lowest BCUT2D eigenvalue weighted by molar-refractivity contribution is -0.149. The third-order valence-corrected chi connectivity index (χ3v) is 6.50. The fourth-order valence-electron chi connectivity index (χ4n) is 4.15. The van der Waals surface area contributed by atoms with Crippen LogP contribution in [0.4, 0.5) is 0 Å². The molecule has 0 atom stereocenters. The molecular formula is C32H58O4. The Labute approximate surface area is 223 Å². The van der Waals surface area contributed by atoms with E-state index in [0.717, 1.165) is 12.8 Å². The molecule has 0 aromatic rings. The normalized spacial score (nSPS) is 11.5. The molecule has 0 fully saturated rings. The molecule has 0 radical (unpaired) electrons. The first-order chi connectivity index (χ1) is 17.7. The number of allylic oxidation sites excluding steroid dienone is 2. The van der Waals surface area contributed by atoms with E-state index in [1.54, 1.807) is 0 Å². The van der Waals surface area contributed by atoms with Crippen LogP contribution in [0.2, 0.25) is 0 Å². The molecule has 0 heterocycles. The van der Waals surface area contributed by atoms with Crippen molar-refractivity contribution in [3.8, 4) is 0 Å². The van der Waals surface area contributed by atoms with Crippen LogP contribution in [0.5, 0.6) is 0 Å². The van der Waals surface area contributed by atoms with Gasteiger partial charge < -0.3 is 9.47 Å². The van der Waals surface area contributed by atoms with Gasteiger partial charge >= 0.3 is 11.9 Å². The Kier molecular flexibility index (Phi) is 28.3. The van der Waals surface area contributed by atoms with E-state index in [4.69, 9.17) is 9.47 Å². The lowest BCUT2D eigenvalue weighted by Gasteiger charge is -2.03. The smallest absolute Gasteiger partial charge is 0.306 e. The van der Waals surface area contributed by atoms with E-state index in [1.165, 1.54) is 116 Å². The van der Waals surface area contributed by atoms with E-state index in [0.29, 0.717) is 0 Å². The van der Waals surface area contributed by atoms with Crippen molar-refractivity contribution in [2.75, 3.05) is 13.2 Å². The molecule has 4 nitrogen and oxygen atoms in total. The Hall–Kier alpha value is -1.58. The van der Waals surface area contributed by atoms with Crippen molar-refractivity contribution in [1.29, 1.82) is 0 Å². The van der Waals surface area contributed by atoms with Crippen LogP contribution in [0.3, 0.4) is 0 Å². The van der Waals surface area contributed by atoms with Gasteiger partial charge in [-0.1, -0.05) is 141 Å². The van der Waals surface area contributed by atoms with Gasteiger partial charge in [0.15, 0.2) is 0 Å². The molecule has 0 saturated carbocycles. The molecule has 210 valence electrons. The lowest BCUT2D eigenvalue weighted by atomic mass is 10.1. The SMILES string of the molecule is CCCCCCCCCCC/C=C/COC(=O)CCC(=O)OC/C=C/CCCCCCCCCCC. The zero-order chi connectivity index (χ0) is 26.4. The first kappa shape index (κ1) is 34.4. The Morgan fingerprint density at radius 1 is 0.444 bits per heavy atom. The predicted octanol–water partition coefficient (Wildman–Crippen LogP) is 9.81. The van der Waals surface area contributed by atoms with Gasteiger partial charge in [0.05, 0.1) is 12.8 Å². The van der Waals surface area contributed by atoms with Crippen LogP contribution in [0.25, 0.3) is 0 Å². The number of rotatable bonds is 27. The van der Waals surface area contributed by atoms with Crippen molar-refractivity contribution in [3.63, 3.8) is 0 Å². The summed E-state index contributed by atoms with van der Waals surface area (Å²) in [5.74, 6) is -0.693. The molecule has 0 saturated heterocycles. The maximum absolute atomic E-state index is 11.8. The highest BCUT2D eigenvalue weighted by Gasteiger charge is 2.08. The molecule has 0 rings (SSSR count). The Morgan fingerprint density at radius 3 is 1.08 bits per heavy atom. The van der Waals surface area contributed by atoms with Gasteiger partial charge in [-0.15, -0.1) is 0 Å². The average molecular weight is 507 g/mol. The van der Waals surface area contributed by atoms with Crippen LogP contribution in [-0.4, -0.2) is 25.2 Å². The molecule has 0 unspecified atom stereocenters. The maximum atomic E-state index is 11.8. The zero-order valence-electron chi connectivity index (χ0n) is 23.9. The van der Waals surface area contributed by atoms with E-state index in [2.05, 4.69) is 26.0 Å². The topological polar surface area (TPSA) is 52.6 Å². The fraction of sp³-hybridized carbons (Fsp3) is 0.812. The zero-order valence-corrected chi connectivity index (χ0v) is 23.9. The molecule has 0 aromatic carbocycles. The summed E-state index contributed by atoms with van der Waals surface area (Å²) in [5.41, 5.74) is 0. The van der Waals surface area contributed by atoms with Gasteiger partial charge in [-0.2, -0.15) is 0 Å². The largest absolute Gasteiger partial charge is 0.461 e. The highest BCUT2D eigenvalue weighted by atomic mass is 16.5. The van der Waals surface area contributed by atoms with Crippen LogP contribution >= 0.6 is 0 Å². The summed E-state index contributed by atoms with van der Waals surface area (Å²) >= 11 is 0. The van der Waals surface area contributed by atoms with Gasteiger partial charge in [0.25, 0.3) is 0 Å². The van der Waals surface area contributed by atoms with Crippen LogP contribution in [0.1, 0.15) is 155 Å². The number of carbonyl (C=O) groups is 2. The van der Waals surface area contributed by atoms with E-state index < -0.39 is 0 Å². The molecule has 0 amide bonds. The van der Waals surface area contributed by atoms with Crippen molar-refractivity contribution in [1.82, 2.24) is 0 Å². The summed E-state index contributed by atoms with van der Waals surface area (Å²) in [7, 11) is 0. The predicted molar refractivity (Wildman–Crippen MR) is 153 cm³/mol. The minimum atomic E-state index is -0.347. The first-order valence-electron chi connectivity index (χ1n) is 15.3. The van der Waals surface area contributed by atoms with Gasteiger partial charge in [-0.25, -0.2) is 0 Å². The molecule has 0 spiro atoms. The summed E-state index contributed by atoms with van der Waals surface area (Å²) in [6.45, 7) is 5.08. The van der Waals surface area contributed by atoms with Gasteiger partial charge in [-0.05, 0) is 25.7 Å². The van der Waals surface area contributed by atoms with Gasteiger partial charge in [0.1, 0.15) is 13.2 Å². The third kappa shape index (κ3) is 28.7. The van der Waals surface area contributed by atoms with Crippen LogP contribution in [-0.2, 0) is 19.1 Å². The first-order valence-corrected chi connectivity index (χ1v) is 15.3. The second-order valence-electron chi connectivity index (χ2n) is 10.0. The van der Waals surface area contributed by atoms with Crippen LogP contribution in [0, 0.1) is 0 Å². The van der Waals surface area contributed by atoms with Gasteiger partial charge in [-0.3, -0.25) is 9.59 Å². The number of ether oxygens (including phenoxy) is 2. The molecule has 0 aliphatic carbocycles. The quantitative estimate of drug-likeness (QED) is 0.0632. The molecule has 36 heavy (non-hydrogen) atoms. The highest BCUT2D eigenvalue weighted by molar-refractivity contribution is 5.77. The number of hydrogen-bond donors (Lipinski definition) is 0. The second kappa shape index (κ2) is 29.6. The molecule has 0 aromatic heterocycles. The summed E-state index contributed by atoms with van der Waals surface area (Å²) in [6.07, 6.45) is 34.1. The molecular weight excluding hydrogens is 448 g/mol. The number of esters is 2. The summed E-state index contributed by atoms with van der Waals surface area (Å²) < 4.78 is 10.3. The molecule has 0 N–H and O–H groups in total. The van der Waals surface area contributed by atoms with Crippen molar-refractivity contribution in [2.45, 2.75) is 155 Å². The number of unbranched alkanes of at least 4 members (excludes halogenated alkanes) is 18. The van der Waals surface area contributed by atoms with E-state index in [1.807, 2.05) is 12.2 Å². The molecule has 0 bridgehead atoms. The fourth-order valence-corrected chi connectivity index (χ4v) is 4.15. The Morgan fingerprint density at radius 2 is 0.750 bits per heavy atom. The summed E-state index contributed by atoms with van der Waals surface area (Å²) in [4.78, 5) is 23.5. The van der Waals surface area contributed by atoms with E-state index in [-0.39, 0.29) is 38.0 Å². The van der Waals surface area contributed by atoms with E-state index in [9.17, 15) is 9.59 Å². The van der Waals surface area contributed by atoms with E-state index >= 15 is 0 Å². The standard InChI is InChI=1S/C32H58O4/c1-3-5-7-9-11-13-15-17-19-21-23-25-29-35-31(33)27-28-32(34)36-30-26-24-22-20-18-16-14-12-10-8-6-4-2/h23-26H,3-22,27-30H2,1-2H3/b25-23+,26-24+. The van der Waals surface area contributed by atoms with Gasteiger partial charge in [0.2, 0.25) is 0 Å². The van der Waals surface area contributed by atoms with Crippen molar-refractivity contribution in [3.05, 3.63) is 24.3 Å². The van der Waals surface area contributed by atoms with Crippen molar-refractivity contribution >= 4 is 11.9 Å². The third-order valence-electron chi connectivity index (χ3n) is 6.50. The second-order valence-corrected chi connectivity index (χ2v) is 10.0. The van der Waals surface area contributed by atoms with Crippen molar-refractivity contribution < 1.29 is 19.1 Å². The highest BCUT2D eigenvalue weighted by Crippen LogP contribution is 2.11. The molecule has 0 aliphatic rings. The Balaban J connectivity index is 3.43.